The Balaban J connectivity index is 1.84. The van der Waals surface area contributed by atoms with E-state index >= 15 is 0 Å². The molecule has 2 saturated heterocycles. The highest BCUT2D eigenvalue weighted by molar-refractivity contribution is 5.84. The number of unbranched alkanes of at least 4 members (excludes halogenated alkanes) is 2. The number of hydrogen-bond donors (Lipinski definition) is 12. The van der Waals surface area contributed by atoms with Crippen LogP contribution in [0.25, 0.3) is 0 Å². The summed E-state index contributed by atoms with van der Waals surface area (Å²) in [6, 6.07) is 0. The zero-order valence-corrected chi connectivity index (χ0v) is 26.9. The molecule has 0 radical (unpaired) electrons. The van der Waals surface area contributed by atoms with Crippen LogP contribution in [-0.4, -0.2) is 202 Å². The summed E-state index contributed by atoms with van der Waals surface area (Å²) in [6.45, 7) is -2.91. The summed E-state index contributed by atoms with van der Waals surface area (Å²) in [6.07, 6.45) is -13.3. The highest BCUT2D eigenvalue weighted by Crippen LogP contribution is 2.22. The van der Waals surface area contributed by atoms with Gasteiger partial charge in [-0.05, 0) is 12.8 Å². The van der Waals surface area contributed by atoms with E-state index in [0.717, 1.165) is 0 Å². The molecule has 0 aromatic heterocycles. The molecule has 0 aromatic carbocycles. The predicted octanol–water partition coefficient (Wildman–Crippen LogP) is -7.09. The van der Waals surface area contributed by atoms with Crippen molar-refractivity contribution < 1.29 is 84.1 Å². The van der Waals surface area contributed by atoms with Crippen LogP contribution in [0.2, 0.25) is 0 Å². The van der Waals surface area contributed by atoms with Gasteiger partial charge in [-0.15, -0.1) is 0 Å². The van der Waals surface area contributed by atoms with Gasteiger partial charge in [-0.1, -0.05) is 6.42 Å². The Morgan fingerprint density at radius 3 is 1.37 bits per heavy atom. The standard InChI is InChI=1S/C28H50N4O17/c33-13-15-21(40)23(42)25(44)27(48-15)46-8-6-30-18(36)11-32(10-17(35)29-5-3-1-2-4-20(38)39)12-19(37)31-7-9-47-28-26(45)24(43)22(41)16(14-34)49-28/h15-16,21-28,33-34,40-45H,1-14H2,(H,29,35)(H,30,36)(H,31,37)(H,38,39)/t15-,16-,21-,22-,23+,24+,25-,26-,27+,28+/m1/s1. The molecule has 12 N–H and O–H groups in total. The third kappa shape index (κ3) is 14.6. The van der Waals surface area contributed by atoms with Gasteiger partial charge in [0.25, 0.3) is 0 Å². The first-order valence-electron chi connectivity index (χ1n) is 15.9. The van der Waals surface area contributed by atoms with Crippen LogP contribution in [0.15, 0.2) is 0 Å². The molecule has 0 spiro atoms. The van der Waals surface area contributed by atoms with Crippen molar-refractivity contribution in [1.29, 1.82) is 0 Å². The molecule has 3 amide bonds. The Kier molecular flexibility index (Phi) is 19.3. The summed E-state index contributed by atoms with van der Waals surface area (Å²) in [5, 5.41) is 94.5. The zero-order valence-electron chi connectivity index (χ0n) is 26.9. The van der Waals surface area contributed by atoms with Gasteiger partial charge in [-0.25, -0.2) is 0 Å². The summed E-state index contributed by atoms with van der Waals surface area (Å²) in [7, 11) is 0. The number of ether oxygens (including phenoxy) is 4. The van der Waals surface area contributed by atoms with Crippen LogP contribution >= 0.6 is 0 Å². The number of aliphatic hydroxyl groups excluding tert-OH is 8. The molecular formula is C28H50N4O17. The number of nitrogens with one attached hydrogen (secondary N) is 3. The second-order valence-electron chi connectivity index (χ2n) is 11.5. The van der Waals surface area contributed by atoms with Crippen LogP contribution in [0.5, 0.6) is 0 Å². The van der Waals surface area contributed by atoms with Crippen molar-refractivity contribution in [2.24, 2.45) is 0 Å². The van der Waals surface area contributed by atoms with Gasteiger partial charge in [-0.3, -0.25) is 24.1 Å². The SMILES string of the molecule is O=C(O)CCCCCNC(=O)CN(CC(=O)NCCO[C@H]1O[C@H](CO)[C@@H](O)[C@H](O)[C@H]1O)CC(=O)NCCO[C@H]1O[C@H](CO)[C@@H](O)[C@H](O)[C@H]1O. The van der Waals surface area contributed by atoms with E-state index in [1.54, 1.807) is 0 Å². The number of carboxylic acids is 1. The van der Waals surface area contributed by atoms with Gasteiger partial charge in [0.1, 0.15) is 48.8 Å². The molecule has 0 saturated carbocycles. The molecule has 21 nitrogen and oxygen atoms in total. The van der Waals surface area contributed by atoms with Gasteiger partial charge in [0.05, 0.1) is 46.1 Å². The molecule has 49 heavy (non-hydrogen) atoms. The molecule has 284 valence electrons. The predicted molar refractivity (Wildman–Crippen MR) is 161 cm³/mol. The number of aliphatic carboxylic acids is 1. The molecule has 0 aromatic rings. The maximum Gasteiger partial charge on any atom is 0.303 e. The summed E-state index contributed by atoms with van der Waals surface area (Å²) < 4.78 is 21.1. The van der Waals surface area contributed by atoms with Gasteiger partial charge >= 0.3 is 5.97 Å². The maximum atomic E-state index is 12.7. The number of amides is 3. The Morgan fingerprint density at radius 1 is 0.571 bits per heavy atom. The average molecular weight is 715 g/mol. The van der Waals surface area contributed by atoms with Crippen LogP contribution < -0.4 is 16.0 Å². The third-order valence-electron chi connectivity index (χ3n) is 7.60. The summed E-state index contributed by atoms with van der Waals surface area (Å²) in [4.78, 5) is 49.7. The molecule has 2 fully saturated rings. The van der Waals surface area contributed by atoms with Crippen LogP contribution in [0.4, 0.5) is 0 Å². The number of aliphatic hydroxyl groups is 8. The summed E-state index contributed by atoms with van der Waals surface area (Å²) >= 11 is 0. The number of nitrogens with zero attached hydrogens (tertiary/aromatic N) is 1. The second-order valence-corrected chi connectivity index (χ2v) is 11.5. The molecule has 2 aliphatic rings. The van der Waals surface area contributed by atoms with Crippen molar-refractivity contribution in [2.45, 2.75) is 87.1 Å². The molecule has 0 aliphatic carbocycles. The molecule has 0 bridgehead atoms. The maximum absolute atomic E-state index is 12.7. The van der Waals surface area contributed by atoms with Crippen LogP contribution in [0, 0.1) is 0 Å². The smallest absolute Gasteiger partial charge is 0.303 e. The Bertz CT molecular complexity index is 966. The molecule has 2 aliphatic heterocycles. The second kappa shape index (κ2) is 22.2. The molecule has 21 heteroatoms. The van der Waals surface area contributed by atoms with Crippen LogP contribution in [0.1, 0.15) is 25.7 Å². The Morgan fingerprint density at radius 2 is 0.980 bits per heavy atom. The number of carbonyl (C=O) groups is 4. The summed E-state index contributed by atoms with van der Waals surface area (Å²) in [5.41, 5.74) is 0. The molecular weight excluding hydrogens is 664 g/mol. The average Bonchev–Trinajstić information content (AvgIpc) is 3.06. The molecule has 0 unspecified atom stereocenters. The summed E-state index contributed by atoms with van der Waals surface area (Å²) in [5.74, 6) is -2.65. The van der Waals surface area contributed by atoms with Crippen molar-refractivity contribution in [3.8, 4) is 0 Å². The first-order valence-corrected chi connectivity index (χ1v) is 15.9. The van der Waals surface area contributed by atoms with Crippen molar-refractivity contribution in [3.63, 3.8) is 0 Å². The zero-order chi connectivity index (χ0) is 36.5. The lowest BCUT2D eigenvalue weighted by molar-refractivity contribution is -0.300. The van der Waals surface area contributed by atoms with Crippen molar-refractivity contribution in [1.82, 2.24) is 20.9 Å². The van der Waals surface area contributed by atoms with E-state index in [4.69, 9.17) is 24.1 Å². The van der Waals surface area contributed by atoms with E-state index in [1.165, 1.54) is 4.90 Å². The normalized spacial score (nSPS) is 30.1. The quantitative estimate of drug-likeness (QED) is 0.0463. The van der Waals surface area contributed by atoms with E-state index in [0.29, 0.717) is 19.3 Å². The lowest BCUT2D eigenvalue weighted by Crippen LogP contribution is -2.59. The van der Waals surface area contributed by atoms with E-state index in [-0.39, 0.29) is 45.8 Å². The van der Waals surface area contributed by atoms with Gasteiger partial charge in [0.15, 0.2) is 12.6 Å². The van der Waals surface area contributed by atoms with Crippen LogP contribution in [0.3, 0.4) is 0 Å². The lowest BCUT2D eigenvalue weighted by atomic mass is 9.99. The molecule has 10 atom stereocenters. The molecule has 2 heterocycles. The van der Waals surface area contributed by atoms with Crippen molar-refractivity contribution in [3.05, 3.63) is 0 Å². The third-order valence-corrected chi connectivity index (χ3v) is 7.60. The Labute approximate surface area is 281 Å². The van der Waals surface area contributed by atoms with E-state index in [9.17, 15) is 60.0 Å². The number of carboxylic acid groups (broad SMARTS) is 1. The largest absolute Gasteiger partial charge is 0.481 e. The van der Waals surface area contributed by atoms with E-state index in [1.807, 2.05) is 0 Å². The van der Waals surface area contributed by atoms with Gasteiger partial charge in [0, 0.05) is 26.1 Å². The molecule has 2 rings (SSSR count). The minimum absolute atomic E-state index is 0.00701. The highest BCUT2D eigenvalue weighted by atomic mass is 16.7. The minimum Gasteiger partial charge on any atom is -0.481 e. The number of hydrogen-bond acceptors (Lipinski definition) is 17. The van der Waals surface area contributed by atoms with Gasteiger partial charge in [-0.2, -0.15) is 0 Å². The van der Waals surface area contributed by atoms with Crippen molar-refractivity contribution in [2.75, 3.05) is 65.7 Å². The Hall–Kier alpha value is -2.64. The fraction of sp³-hybridized carbons (Fsp3) is 0.857. The van der Waals surface area contributed by atoms with Crippen molar-refractivity contribution >= 4 is 23.7 Å². The first kappa shape index (κ1) is 42.5. The lowest BCUT2D eigenvalue weighted by Gasteiger charge is -2.39. The highest BCUT2D eigenvalue weighted by Gasteiger charge is 2.45. The van der Waals surface area contributed by atoms with Crippen LogP contribution in [-0.2, 0) is 38.1 Å². The topological polar surface area (TPSA) is 327 Å². The van der Waals surface area contributed by atoms with Gasteiger partial charge in [0.2, 0.25) is 17.7 Å². The fourth-order valence-electron chi connectivity index (χ4n) is 4.89. The monoisotopic (exact) mass is 714 g/mol. The van der Waals surface area contributed by atoms with E-state index in [2.05, 4.69) is 16.0 Å². The van der Waals surface area contributed by atoms with E-state index < -0.39 is 111 Å². The fourth-order valence-corrected chi connectivity index (χ4v) is 4.89. The minimum atomic E-state index is -1.64. The number of carbonyl (C=O) groups excluding carboxylic acids is 3. The first-order chi connectivity index (χ1) is 23.3. The van der Waals surface area contributed by atoms with Gasteiger partial charge < -0.3 is 80.9 Å². The number of rotatable bonds is 22.